The number of ether oxygens (including phenoxy) is 2. The van der Waals surface area contributed by atoms with Crippen molar-refractivity contribution in [2.45, 2.75) is 33.5 Å². The van der Waals surface area contributed by atoms with Gasteiger partial charge < -0.3 is 14.8 Å². The summed E-state index contributed by atoms with van der Waals surface area (Å²) in [5, 5.41) is 2.84. The van der Waals surface area contributed by atoms with E-state index in [0.717, 1.165) is 25.2 Å². The van der Waals surface area contributed by atoms with Crippen LogP contribution >= 0.6 is 0 Å². The van der Waals surface area contributed by atoms with Crippen LogP contribution in [0.3, 0.4) is 0 Å². The summed E-state index contributed by atoms with van der Waals surface area (Å²) in [5.74, 6) is -0.358. The second-order valence-corrected chi connectivity index (χ2v) is 6.21. The van der Waals surface area contributed by atoms with Crippen LogP contribution in [0.15, 0.2) is 42.5 Å². The normalized spacial score (nSPS) is 11.0. The van der Waals surface area contributed by atoms with E-state index in [2.05, 4.69) is 40.9 Å². The second kappa shape index (κ2) is 10.6. The summed E-state index contributed by atoms with van der Waals surface area (Å²) in [4.78, 5) is 14.7. The minimum atomic E-state index is -2.96. The molecule has 0 spiro atoms. The molecule has 5 nitrogen and oxygen atoms in total. The first kappa shape index (κ1) is 21.6. The molecular weight excluding hydrogens is 366 g/mol. The molecule has 0 aromatic heterocycles. The maximum Gasteiger partial charge on any atom is 0.387 e. The van der Waals surface area contributed by atoms with Crippen molar-refractivity contribution in [2.75, 3.05) is 20.2 Å². The summed E-state index contributed by atoms with van der Waals surface area (Å²) in [5.41, 5.74) is 2.48. The number of methoxy groups -OCH3 is 1. The summed E-state index contributed by atoms with van der Waals surface area (Å²) >= 11 is 0. The monoisotopic (exact) mass is 392 g/mol. The van der Waals surface area contributed by atoms with Gasteiger partial charge in [0.05, 0.1) is 7.11 Å². The van der Waals surface area contributed by atoms with Crippen LogP contribution < -0.4 is 14.8 Å². The first-order chi connectivity index (χ1) is 13.5. The van der Waals surface area contributed by atoms with Crippen molar-refractivity contribution in [3.8, 4) is 11.5 Å². The highest BCUT2D eigenvalue weighted by molar-refractivity contribution is 5.94. The predicted molar refractivity (Wildman–Crippen MR) is 104 cm³/mol. The lowest BCUT2D eigenvalue weighted by Crippen LogP contribution is -2.24. The van der Waals surface area contributed by atoms with Gasteiger partial charge in [0.15, 0.2) is 11.5 Å². The molecule has 0 aliphatic carbocycles. The number of benzene rings is 2. The average molecular weight is 392 g/mol. The van der Waals surface area contributed by atoms with Crippen LogP contribution in [0.2, 0.25) is 0 Å². The molecule has 1 N–H and O–H groups in total. The van der Waals surface area contributed by atoms with Gasteiger partial charge in [-0.25, -0.2) is 0 Å². The maximum atomic E-state index is 12.4. The molecule has 2 aromatic carbocycles. The van der Waals surface area contributed by atoms with Gasteiger partial charge in [0.25, 0.3) is 5.91 Å². The van der Waals surface area contributed by atoms with Crippen molar-refractivity contribution < 1.29 is 23.0 Å². The van der Waals surface area contributed by atoms with Gasteiger partial charge in [-0.2, -0.15) is 8.78 Å². The zero-order chi connectivity index (χ0) is 20.5. The third kappa shape index (κ3) is 6.20. The minimum Gasteiger partial charge on any atom is -0.493 e. The molecule has 28 heavy (non-hydrogen) atoms. The van der Waals surface area contributed by atoms with Crippen molar-refractivity contribution >= 4 is 5.91 Å². The Kier molecular flexibility index (Phi) is 8.19. The van der Waals surface area contributed by atoms with E-state index in [0.29, 0.717) is 12.1 Å². The highest BCUT2D eigenvalue weighted by Crippen LogP contribution is 2.29. The van der Waals surface area contributed by atoms with Crippen LogP contribution in [0.4, 0.5) is 8.78 Å². The number of nitrogens with zero attached hydrogens (tertiary/aromatic N) is 1. The first-order valence-corrected chi connectivity index (χ1v) is 9.18. The largest absolute Gasteiger partial charge is 0.493 e. The lowest BCUT2D eigenvalue weighted by molar-refractivity contribution is -0.0512. The molecule has 2 aromatic rings. The Morgan fingerprint density at radius 2 is 1.79 bits per heavy atom. The molecule has 152 valence electrons. The molecule has 0 unspecified atom stereocenters. The van der Waals surface area contributed by atoms with Gasteiger partial charge in [0, 0.05) is 18.7 Å². The summed E-state index contributed by atoms with van der Waals surface area (Å²) in [6.07, 6.45) is 0. The molecular formula is C21H26F2N2O3. The third-order valence-corrected chi connectivity index (χ3v) is 4.39. The quantitative estimate of drug-likeness (QED) is 0.662. The minimum absolute atomic E-state index is 0.0779. The van der Waals surface area contributed by atoms with E-state index in [1.807, 2.05) is 12.1 Å². The first-order valence-electron chi connectivity index (χ1n) is 9.18. The Labute approximate surface area is 164 Å². The van der Waals surface area contributed by atoms with Gasteiger partial charge in [-0.1, -0.05) is 38.1 Å². The van der Waals surface area contributed by atoms with Crippen molar-refractivity contribution in [1.29, 1.82) is 0 Å². The standard InChI is InChI=1S/C21H26F2N2O3/c1-4-25(5-2)14-16-8-6-7-15(11-16)13-24-20(26)17-9-10-18(28-21(22)23)19(12-17)27-3/h6-12,21H,4-5,13-14H2,1-3H3,(H,24,26). The molecule has 0 atom stereocenters. The highest BCUT2D eigenvalue weighted by atomic mass is 19.3. The number of carbonyl (C=O) groups is 1. The van der Waals surface area contributed by atoms with E-state index in [9.17, 15) is 13.6 Å². The Morgan fingerprint density at radius 3 is 2.43 bits per heavy atom. The van der Waals surface area contributed by atoms with Crippen LogP contribution in [-0.2, 0) is 13.1 Å². The Morgan fingerprint density at radius 1 is 1.07 bits per heavy atom. The topological polar surface area (TPSA) is 50.8 Å². The summed E-state index contributed by atoms with van der Waals surface area (Å²) in [6, 6.07) is 12.2. The molecule has 0 aliphatic rings. The van der Waals surface area contributed by atoms with Gasteiger partial charge >= 0.3 is 6.61 Å². The van der Waals surface area contributed by atoms with E-state index < -0.39 is 6.61 Å². The smallest absolute Gasteiger partial charge is 0.387 e. The van der Waals surface area contributed by atoms with Crippen LogP contribution in [0.25, 0.3) is 0 Å². The van der Waals surface area contributed by atoms with Crippen molar-refractivity contribution in [3.05, 3.63) is 59.2 Å². The molecule has 2 rings (SSSR count). The lowest BCUT2D eigenvalue weighted by Gasteiger charge is -2.18. The fraction of sp³-hybridized carbons (Fsp3) is 0.381. The molecule has 7 heteroatoms. The number of nitrogens with one attached hydrogen (secondary N) is 1. The molecule has 0 bridgehead atoms. The molecule has 1 amide bonds. The summed E-state index contributed by atoms with van der Waals surface area (Å²) < 4.78 is 34.2. The third-order valence-electron chi connectivity index (χ3n) is 4.39. The fourth-order valence-electron chi connectivity index (χ4n) is 2.83. The molecule has 0 radical (unpaired) electrons. The zero-order valence-corrected chi connectivity index (χ0v) is 16.4. The molecule has 0 saturated carbocycles. The number of amides is 1. The second-order valence-electron chi connectivity index (χ2n) is 6.21. The maximum absolute atomic E-state index is 12.4. The Balaban J connectivity index is 2.02. The van der Waals surface area contributed by atoms with Crippen LogP contribution in [0.1, 0.15) is 35.3 Å². The Bertz CT molecular complexity index is 780. The van der Waals surface area contributed by atoms with Crippen LogP contribution in [0, 0.1) is 0 Å². The molecule has 0 heterocycles. The number of halogens is 2. The van der Waals surface area contributed by atoms with E-state index >= 15 is 0 Å². The van der Waals surface area contributed by atoms with Gasteiger partial charge in [-0.15, -0.1) is 0 Å². The lowest BCUT2D eigenvalue weighted by atomic mass is 10.1. The fourth-order valence-corrected chi connectivity index (χ4v) is 2.83. The molecule has 0 saturated heterocycles. The Hall–Kier alpha value is -2.67. The molecule has 0 aliphatic heterocycles. The number of rotatable bonds is 10. The van der Waals surface area contributed by atoms with Gasteiger partial charge in [-0.3, -0.25) is 9.69 Å². The van der Waals surface area contributed by atoms with Crippen LogP contribution in [-0.4, -0.2) is 37.6 Å². The predicted octanol–water partition coefficient (Wildman–Crippen LogP) is 4.07. The van der Waals surface area contributed by atoms with Crippen molar-refractivity contribution in [2.24, 2.45) is 0 Å². The van der Waals surface area contributed by atoms with Crippen molar-refractivity contribution in [1.82, 2.24) is 10.2 Å². The number of hydrogen-bond acceptors (Lipinski definition) is 4. The number of carbonyl (C=O) groups excluding carboxylic acids is 1. The van der Waals surface area contributed by atoms with Gasteiger partial charge in [0.2, 0.25) is 0 Å². The van der Waals surface area contributed by atoms with Crippen LogP contribution in [0.5, 0.6) is 11.5 Å². The number of hydrogen-bond donors (Lipinski definition) is 1. The SMILES string of the molecule is CCN(CC)Cc1cccc(CNC(=O)c2ccc(OC(F)F)c(OC)c2)c1. The van der Waals surface area contributed by atoms with Gasteiger partial charge in [0.1, 0.15) is 0 Å². The number of alkyl halides is 2. The van der Waals surface area contributed by atoms with E-state index in [-0.39, 0.29) is 17.4 Å². The van der Waals surface area contributed by atoms with Crippen molar-refractivity contribution in [3.63, 3.8) is 0 Å². The zero-order valence-electron chi connectivity index (χ0n) is 16.4. The van der Waals surface area contributed by atoms with E-state index in [1.54, 1.807) is 0 Å². The molecule has 0 fully saturated rings. The summed E-state index contributed by atoms with van der Waals surface area (Å²) in [6.45, 7) is 4.46. The highest BCUT2D eigenvalue weighted by Gasteiger charge is 2.14. The van der Waals surface area contributed by atoms with Gasteiger partial charge in [-0.05, 0) is 42.4 Å². The van der Waals surface area contributed by atoms with E-state index in [1.165, 1.54) is 30.9 Å². The van der Waals surface area contributed by atoms with E-state index in [4.69, 9.17) is 4.74 Å². The average Bonchev–Trinajstić information content (AvgIpc) is 2.70. The summed E-state index contributed by atoms with van der Waals surface area (Å²) in [7, 11) is 1.33.